The number of carbonyl (C=O) groups is 1. The van der Waals surface area contributed by atoms with E-state index in [-0.39, 0.29) is 17.5 Å². The zero-order valence-corrected chi connectivity index (χ0v) is 13.2. The van der Waals surface area contributed by atoms with Crippen LogP contribution in [0.2, 0.25) is 0 Å². The minimum Gasteiger partial charge on any atom is -0.491 e. The number of rotatable bonds is 7. The third-order valence-electron chi connectivity index (χ3n) is 3.00. The van der Waals surface area contributed by atoms with Crippen molar-refractivity contribution >= 4 is 11.9 Å². The van der Waals surface area contributed by atoms with Crippen molar-refractivity contribution in [2.24, 2.45) is 0 Å². The van der Waals surface area contributed by atoms with Crippen LogP contribution in [0.3, 0.4) is 0 Å². The highest BCUT2D eigenvalue weighted by molar-refractivity contribution is 5.93. The number of nitrogen functional groups attached to an aromatic ring is 1. The number of aromatic nitrogens is 2. The third kappa shape index (κ3) is 4.65. The molecule has 0 fully saturated rings. The number of benzene rings is 1. The van der Waals surface area contributed by atoms with Crippen LogP contribution in [0.25, 0.3) is 11.3 Å². The lowest BCUT2D eigenvalue weighted by molar-refractivity contribution is 0.0951. The van der Waals surface area contributed by atoms with Gasteiger partial charge in [0.1, 0.15) is 18.1 Å². The lowest BCUT2D eigenvalue weighted by Crippen LogP contribution is -2.24. The van der Waals surface area contributed by atoms with E-state index < -0.39 is 0 Å². The second kappa shape index (κ2) is 8.09. The van der Waals surface area contributed by atoms with Crippen LogP contribution in [0.15, 0.2) is 30.3 Å². The van der Waals surface area contributed by atoms with Crippen LogP contribution in [0.4, 0.5) is 5.95 Å². The van der Waals surface area contributed by atoms with E-state index in [9.17, 15) is 4.79 Å². The van der Waals surface area contributed by atoms with E-state index >= 15 is 0 Å². The number of hydrogen-bond acceptors (Lipinski definition) is 6. The van der Waals surface area contributed by atoms with Crippen LogP contribution in [-0.4, -0.2) is 42.7 Å². The molecule has 7 heteroatoms. The number of hydrogen-bond donors (Lipinski definition) is 2. The summed E-state index contributed by atoms with van der Waals surface area (Å²) in [6.45, 7) is 3.31. The Kier molecular flexibility index (Phi) is 5.87. The molecule has 0 saturated carbocycles. The molecule has 0 radical (unpaired) electrons. The molecule has 122 valence electrons. The van der Waals surface area contributed by atoms with Gasteiger partial charge < -0.3 is 20.5 Å². The molecule has 0 atom stereocenters. The van der Waals surface area contributed by atoms with E-state index in [1.165, 1.54) is 0 Å². The van der Waals surface area contributed by atoms with Crippen molar-refractivity contribution in [3.63, 3.8) is 0 Å². The van der Waals surface area contributed by atoms with Gasteiger partial charge >= 0.3 is 0 Å². The van der Waals surface area contributed by atoms with Gasteiger partial charge in [-0.3, -0.25) is 4.79 Å². The predicted octanol–water partition coefficient (Wildman–Crippen LogP) is 1.50. The molecule has 1 aromatic heterocycles. The van der Waals surface area contributed by atoms with Crippen LogP contribution < -0.4 is 15.8 Å². The van der Waals surface area contributed by atoms with E-state index in [1.807, 2.05) is 31.2 Å². The number of amides is 1. The lowest BCUT2D eigenvalue weighted by atomic mass is 10.1. The maximum atomic E-state index is 11.9. The van der Waals surface area contributed by atoms with Crippen molar-refractivity contribution in [1.82, 2.24) is 15.3 Å². The second-order valence-electron chi connectivity index (χ2n) is 4.73. The van der Waals surface area contributed by atoms with Gasteiger partial charge in [-0.2, -0.15) is 0 Å². The average molecular weight is 316 g/mol. The zero-order valence-electron chi connectivity index (χ0n) is 13.2. The Bertz CT molecular complexity index is 676. The van der Waals surface area contributed by atoms with Crippen molar-refractivity contribution in [2.75, 3.05) is 32.6 Å². The standard InChI is InChI=1S/C16H20N4O3/c1-3-18-15(21)14-10-13(19-16(17)20-14)11-5-4-6-12(9-11)23-8-7-22-2/h4-6,9-10H,3,7-8H2,1-2H3,(H,18,21)(H2,17,19,20). The molecule has 0 aliphatic heterocycles. The molecule has 1 aromatic carbocycles. The third-order valence-corrected chi connectivity index (χ3v) is 3.00. The van der Waals surface area contributed by atoms with E-state index in [0.717, 1.165) is 5.56 Å². The van der Waals surface area contributed by atoms with Gasteiger partial charge in [0.15, 0.2) is 0 Å². The number of carbonyl (C=O) groups excluding carboxylic acids is 1. The van der Waals surface area contributed by atoms with Crippen LogP contribution in [0, 0.1) is 0 Å². The summed E-state index contributed by atoms with van der Waals surface area (Å²) >= 11 is 0. The zero-order chi connectivity index (χ0) is 16.7. The number of nitrogens with one attached hydrogen (secondary N) is 1. The molecule has 2 rings (SSSR count). The number of nitrogens with zero attached hydrogens (tertiary/aromatic N) is 2. The lowest BCUT2D eigenvalue weighted by Gasteiger charge is -2.09. The quantitative estimate of drug-likeness (QED) is 0.751. The predicted molar refractivity (Wildman–Crippen MR) is 87.3 cm³/mol. The van der Waals surface area contributed by atoms with Crippen molar-refractivity contribution in [3.05, 3.63) is 36.0 Å². The Morgan fingerprint density at radius 3 is 2.83 bits per heavy atom. The van der Waals surface area contributed by atoms with Gasteiger partial charge in [-0.15, -0.1) is 0 Å². The van der Waals surface area contributed by atoms with Crippen LogP contribution in [0.1, 0.15) is 17.4 Å². The maximum Gasteiger partial charge on any atom is 0.270 e. The Labute approximate surface area is 134 Å². The summed E-state index contributed by atoms with van der Waals surface area (Å²) in [6.07, 6.45) is 0. The highest BCUT2D eigenvalue weighted by Crippen LogP contribution is 2.23. The first kappa shape index (κ1) is 16.7. The van der Waals surface area contributed by atoms with Crippen LogP contribution in [0.5, 0.6) is 5.75 Å². The fraction of sp³-hybridized carbons (Fsp3) is 0.312. The molecule has 23 heavy (non-hydrogen) atoms. The van der Waals surface area contributed by atoms with Crippen molar-refractivity contribution in [2.45, 2.75) is 6.92 Å². The average Bonchev–Trinajstić information content (AvgIpc) is 2.55. The SMILES string of the molecule is CCNC(=O)c1cc(-c2cccc(OCCOC)c2)nc(N)n1. The van der Waals surface area contributed by atoms with E-state index in [1.54, 1.807) is 13.2 Å². The Balaban J connectivity index is 2.27. The highest BCUT2D eigenvalue weighted by Gasteiger charge is 2.11. The number of methoxy groups -OCH3 is 1. The molecule has 0 unspecified atom stereocenters. The monoisotopic (exact) mass is 316 g/mol. The smallest absolute Gasteiger partial charge is 0.270 e. The highest BCUT2D eigenvalue weighted by atomic mass is 16.5. The minimum absolute atomic E-state index is 0.0504. The first-order valence-electron chi connectivity index (χ1n) is 7.29. The van der Waals surface area contributed by atoms with Crippen molar-refractivity contribution < 1.29 is 14.3 Å². The summed E-state index contributed by atoms with van der Waals surface area (Å²) in [5.41, 5.74) is 7.31. The first-order valence-corrected chi connectivity index (χ1v) is 7.29. The minimum atomic E-state index is -0.282. The molecular formula is C16H20N4O3. The second-order valence-corrected chi connectivity index (χ2v) is 4.73. The molecule has 1 heterocycles. The molecule has 0 spiro atoms. The maximum absolute atomic E-state index is 11.9. The van der Waals surface area contributed by atoms with Crippen molar-refractivity contribution in [3.8, 4) is 17.0 Å². The summed E-state index contributed by atoms with van der Waals surface area (Å²) < 4.78 is 10.5. The van der Waals surface area contributed by atoms with Crippen molar-refractivity contribution in [1.29, 1.82) is 0 Å². The van der Waals surface area contributed by atoms with E-state index in [0.29, 0.717) is 31.2 Å². The summed E-state index contributed by atoms with van der Waals surface area (Å²) in [5.74, 6) is 0.459. The Morgan fingerprint density at radius 1 is 1.26 bits per heavy atom. The normalized spacial score (nSPS) is 10.3. The summed E-state index contributed by atoms with van der Waals surface area (Å²) in [5, 5.41) is 2.69. The molecule has 0 saturated heterocycles. The number of ether oxygens (including phenoxy) is 2. The molecule has 2 aromatic rings. The van der Waals surface area contributed by atoms with Gasteiger partial charge in [0.05, 0.1) is 12.3 Å². The van der Waals surface area contributed by atoms with Gasteiger partial charge in [-0.05, 0) is 25.1 Å². The first-order chi connectivity index (χ1) is 11.1. The molecule has 0 aliphatic carbocycles. The Hall–Kier alpha value is -2.67. The number of nitrogens with two attached hydrogens (primary N) is 1. The molecule has 1 amide bonds. The molecule has 0 bridgehead atoms. The van der Waals surface area contributed by atoms with Gasteiger partial charge in [0.25, 0.3) is 5.91 Å². The topological polar surface area (TPSA) is 99.4 Å². The van der Waals surface area contributed by atoms with Gasteiger partial charge in [0, 0.05) is 19.2 Å². The summed E-state index contributed by atoms with van der Waals surface area (Å²) in [6, 6.07) is 9.00. The number of anilines is 1. The fourth-order valence-corrected chi connectivity index (χ4v) is 1.97. The van der Waals surface area contributed by atoms with Crippen LogP contribution in [-0.2, 0) is 4.74 Å². The van der Waals surface area contributed by atoms with Gasteiger partial charge in [0.2, 0.25) is 5.95 Å². The van der Waals surface area contributed by atoms with Gasteiger partial charge in [-0.25, -0.2) is 9.97 Å². The van der Waals surface area contributed by atoms with E-state index in [4.69, 9.17) is 15.2 Å². The molecule has 0 aliphatic rings. The summed E-state index contributed by atoms with van der Waals surface area (Å²) in [4.78, 5) is 20.1. The molecule has 7 nitrogen and oxygen atoms in total. The Morgan fingerprint density at radius 2 is 2.09 bits per heavy atom. The van der Waals surface area contributed by atoms with Crippen LogP contribution >= 0.6 is 0 Å². The van der Waals surface area contributed by atoms with E-state index in [2.05, 4.69) is 15.3 Å². The largest absolute Gasteiger partial charge is 0.491 e. The molecule has 3 N–H and O–H groups in total. The molecular weight excluding hydrogens is 296 g/mol. The fourth-order valence-electron chi connectivity index (χ4n) is 1.97. The van der Waals surface area contributed by atoms with Gasteiger partial charge in [-0.1, -0.05) is 12.1 Å². The summed E-state index contributed by atoms with van der Waals surface area (Å²) in [7, 11) is 1.62.